The van der Waals surface area contributed by atoms with Gasteiger partial charge in [0, 0.05) is 31.5 Å². The first-order valence-electron chi connectivity index (χ1n) is 6.22. The third-order valence-corrected chi connectivity index (χ3v) is 3.33. The molecule has 3 heteroatoms. The molecule has 0 aromatic heterocycles. The van der Waals surface area contributed by atoms with E-state index in [-0.39, 0.29) is 0 Å². The van der Waals surface area contributed by atoms with Crippen molar-refractivity contribution in [1.82, 2.24) is 0 Å². The number of nitrogens with zero attached hydrogens (tertiary/aromatic N) is 1. The molecule has 0 bridgehead atoms. The molecular formula is C15H19NO2. The zero-order chi connectivity index (χ0) is 13.0. The highest BCUT2D eigenvalue weighted by Crippen LogP contribution is 2.24. The zero-order valence-electron chi connectivity index (χ0n) is 11.0. The van der Waals surface area contributed by atoms with Gasteiger partial charge in [0.1, 0.15) is 6.29 Å². The van der Waals surface area contributed by atoms with E-state index >= 15 is 0 Å². The van der Waals surface area contributed by atoms with Crippen LogP contribution in [0.15, 0.2) is 29.8 Å². The summed E-state index contributed by atoms with van der Waals surface area (Å²) >= 11 is 0. The maximum absolute atomic E-state index is 10.7. The lowest BCUT2D eigenvalue weighted by Crippen LogP contribution is -2.29. The summed E-state index contributed by atoms with van der Waals surface area (Å²) in [6.45, 7) is 4.71. The Hall–Kier alpha value is -1.61. The highest BCUT2D eigenvalue weighted by Gasteiger charge is 2.13. The molecule has 0 aliphatic carbocycles. The fourth-order valence-corrected chi connectivity index (χ4v) is 2.35. The number of anilines is 1. The van der Waals surface area contributed by atoms with Crippen LogP contribution in [0.1, 0.15) is 22.3 Å². The molecule has 1 heterocycles. The van der Waals surface area contributed by atoms with E-state index < -0.39 is 0 Å². The van der Waals surface area contributed by atoms with Crippen LogP contribution in [-0.4, -0.2) is 33.1 Å². The van der Waals surface area contributed by atoms with E-state index in [2.05, 4.69) is 17.9 Å². The van der Waals surface area contributed by atoms with Crippen molar-refractivity contribution in [3.63, 3.8) is 0 Å². The number of carbonyl (C=O) groups excluding carboxylic acids is 1. The summed E-state index contributed by atoms with van der Waals surface area (Å²) in [6, 6.07) is 5.86. The Kier molecular flexibility index (Phi) is 4.15. The largest absolute Gasteiger partial charge is 0.380 e. The molecule has 0 fully saturated rings. The van der Waals surface area contributed by atoms with E-state index in [0.717, 1.165) is 43.5 Å². The van der Waals surface area contributed by atoms with E-state index in [9.17, 15) is 4.79 Å². The molecule has 0 unspecified atom stereocenters. The number of ether oxygens (including phenoxy) is 1. The molecule has 0 N–H and O–H groups in total. The summed E-state index contributed by atoms with van der Waals surface area (Å²) in [7, 11) is 1.73. The minimum absolute atomic E-state index is 0.733. The lowest BCUT2D eigenvalue weighted by Gasteiger charge is -2.29. The van der Waals surface area contributed by atoms with Crippen LogP contribution in [0.2, 0.25) is 0 Å². The number of methoxy groups -OCH3 is 1. The second kappa shape index (κ2) is 5.83. The molecule has 1 aromatic carbocycles. The molecule has 2 rings (SSSR count). The lowest BCUT2D eigenvalue weighted by atomic mass is 10.1. The summed E-state index contributed by atoms with van der Waals surface area (Å²) in [5, 5.41) is 0. The van der Waals surface area contributed by atoms with Gasteiger partial charge in [-0.3, -0.25) is 4.79 Å². The van der Waals surface area contributed by atoms with E-state index in [1.165, 1.54) is 11.3 Å². The molecular weight excluding hydrogens is 226 g/mol. The minimum atomic E-state index is 0.733. The Morgan fingerprint density at radius 3 is 2.83 bits per heavy atom. The highest BCUT2D eigenvalue weighted by atomic mass is 16.5. The van der Waals surface area contributed by atoms with Crippen molar-refractivity contribution in [3.8, 4) is 0 Å². The van der Waals surface area contributed by atoms with Crippen molar-refractivity contribution >= 4 is 12.0 Å². The highest BCUT2D eigenvalue weighted by molar-refractivity contribution is 5.77. The van der Waals surface area contributed by atoms with Crippen LogP contribution in [0.3, 0.4) is 0 Å². The van der Waals surface area contributed by atoms with Crippen LogP contribution in [-0.2, 0) is 4.74 Å². The summed E-state index contributed by atoms with van der Waals surface area (Å²) in [5.74, 6) is 0. The van der Waals surface area contributed by atoms with Gasteiger partial charge in [-0.25, -0.2) is 0 Å². The fraction of sp³-hybridized carbons (Fsp3) is 0.400. The van der Waals surface area contributed by atoms with Gasteiger partial charge in [-0.1, -0.05) is 6.08 Å². The number of hydrogen-bond donors (Lipinski definition) is 0. The zero-order valence-corrected chi connectivity index (χ0v) is 11.0. The topological polar surface area (TPSA) is 29.5 Å². The van der Waals surface area contributed by atoms with Gasteiger partial charge in [0.25, 0.3) is 0 Å². The third kappa shape index (κ3) is 2.79. The quantitative estimate of drug-likeness (QED) is 0.603. The average Bonchev–Trinajstić information content (AvgIpc) is 2.40. The predicted molar refractivity (Wildman–Crippen MR) is 73.4 cm³/mol. The van der Waals surface area contributed by atoms with Gasteiger partial charge in [0.05, 0.1) is 6.61 Å². The molecule has 0 amide bonds. The van der Waals surface area contributed by atoms with E-state index in [4.69, 9.17) is 4.74 Å². The summed E-state index contributed by atoms with van der Waals surface area (Å²) in [5.41, 5.74) is 4.48. The Bertz CT molecular complexity index is 466. The average molecular weight is 245 g/mol. The third-order valence-electron chi connectivity index (χ3n) is 3.33. The first-order chi connectivity index (χ1) is 8.74. The molecule has 3 nitrogen and oxygen atoms in total. The standard InChI is InChI=1S/C15H19NO2/c1-12-9-14(10-17)3-4-15(12)16-7-5-13(6-8-16)11-18-2/h3-5,9-10H,6-8,11H2,1-2H3. The van der Waals surface area contributed by atoms with E-state index in [0.29, 0.717) is 0 Å². The molecule has 0 saturated carbocycles. The van der Waals surface area contributed by atoms with Gasteiger partial charge >= 0.3 is 0 Å². The molecule has 0 saturated heterocycles. The Balaban J connectivity index is 2.12. The summed E-state index contributed by atoms with van der Waals surface area (Å²) in [4.78, 5) is 13.1. The van der Waals surface area contributed by atoms with Gasteiger partial charge in [-0.05, 0) is 42.7 Å². The molecule has 0 spiro atoms. The first kappa shape index (κ1) is 12.8. The normalized spacial score (nSPS) is 15.4. The molecule has 0 radical (unpaired) electrons. The van der Waals surface area contributed by atoms with Gasteiger partial charge in [-0.15, -0.1) is 0 Å². The molecule has 0 atom stereocenters. The number of benzene rings is 1. The minimum Gasteiger partial charge on any atom is -0.380 e. The SMILES string of the molecule is COCC1=CCN(c2ccc(C=O)cc2C)CC1. The van der Waals surface area contributed by atoms with Gasteiger partial charge in [0.15, 0.2) is 0 Å². The molecule has 1 aromatic rings. The van der Waals surface area contributed by atoms with Crippen LogP contribution in [0.4, 0.5) is 5.69 Å². The first-order valence-corrected chi connectivity index (χ1v) is 6.22. The maximum atomic E-state index is 10.7. The van der Waals surface area contributed by atoms with Crippen molar-refractivity contribution in [3.05, 3.63) is 41.0 Å². The molecule has 96 valence electrons. The Morgan fingerprint density at radius 2 is 2.28 bits per heavy atom. The smallest absolute Gasteiger partial charge is 0.150 e. The number of rotatable bonds is 4. The van der Waals surface area contributed by atoms with Crippen molar-refractivity contribution in [2.24, 2.45) is 0 Å². The van der Waals surface area contributed by atoms with E-state index in [1.54, 1.807) is 7.11 Å². The number of aldehydes is 1. The summed E-state index contributed by atoms with van der Waals surface area (Å²) < 4.78 is 5.15. The molecule has 18 heavy (non-hydrogen) atoms. The molecule has 1 aliphatic rings. The Morgan fingerprint density at radius 1 is 1.44 bits per heavy atom. The lowest BCUT2D eigenvalue weighted by molar-refractivity contribution is 0.112. The van der Waals surface area contributed by atoms with Crippen LogP contribution in [0.25, 0.3) is 0 Å². The van der Waals surface area contributed by atoms with Gasteiger partial charge in [-0.2, -0.15) is 0 Å². The van der Waals surface area contributed by atoms with Crippen LogP contribution < -0.4 is 4.90 Å². The number of carbonyl (C=O) groups is 1. The van der Waals surface area contributed by atoms with Crippen LogP contribution >= 0.6 is 0 Å². The number of aryl methyl sites for hydroxylation is 1. The predicted octanol–water partition coefficient (Wildman–Crippen LogP) is 2.59. The van der Waals surface area contributed by atoms with Crippen LogP contribution in [0.5, 0.6) is 0 Å². The fourth-order valence-electron chi connectivity index (χ4n) is 2.35. The van der Waals surface area contributed by atoms with Gasteiger partial charge < -0.3 is 9.64 Å². The number of hydrogen-bond acceptors (Lipinski definition) is 3. The Labute approximate surface area is 108 Å². The van der Waals surface area contributed by atoms with Crippen LogP contribution in [0, 0.1) is 6.92 Å². The maximum Gasteiger partial charge on any atom is 0.150 e. The second-order valence-electron chi connectivity index (χ2n) is 4.66. The van der Waals surface area contributed by atoms with Crippen molar-refractivity contribution in [1.29, 1.82) is 0 Å². The monoisotopic (exact) mass is 245 g/mol. The van der Waals surface area contributed by atoms with E-state index in [1.807, 2.05) is 18.2 Å². The van der Waals surface area contributed by atoms with Gasteiger partial charge in [0.2, 0.25) is 0 Å². The summed E-state index contributed by atoms with van der Waals surface area (Å²) in [6.07, 6.45) is 4.17. The second-order valence-corrected chi connectivity index (χ2v) is 4.66. The van der Waals surface area contributed by atoms with Crippen molar-refractivity contribution < 1.29 is 9.53 Å². The molecule has 1 aliphatic heterocycles. The van der Waals surface area contributed by atoms with Crippen molar-refractivity contribution in [2.45, 2.75) is 13.3 Å². The van der Waals surface area contributed by atoms with Crippen molar-refractivity contribution in [2.75, 3.05) is 31.7 Å².